The molecule has 2 N–H and O–H groups in total. The zero-order chi connectivity index (χ0) is 36.2. The number of aromatic nitrogens is 5. The zero-order valence-electron chi connectivity index (χ0n) is 27.5. The first-order valence-corrected chi connectivity index (χ1v) is 17.2. The summed E-state index contributed by atoms with van der Waals surface area (Å²) in [6.07, 6.45) is 5.39. The van der Waals surface area contributed by atoms with Gasteiger partial charge in [0.2, 0.25) is 11.8 Å². The Bertz CT molecular complexity index is 2600. The standard InChI is InChI=1S/C37H29N7O7S/c1-50-28-12-8-11-25(18-28)36-42-31(23-51-36)35(46)41-30-21-40-34(24-9-4-2-5-10-24)43(37(30)47)22-33(45)39-20-27-17-26-19-38-16-15-32(26)44(27)52(48,49)29-13-6-3-7-14-29/h2-19,21,23H,20,22H2,1H3,(H,39,45)(H,41,46). The van der Waals surface area contributed by atoms with Crippen molar-refractivity contribution in [3.63, 3.8) is 0 Å². The van der Waals surface area contributed by atoms with Crippen molar-refractivity contribution in [2.45, 2.75) is 18.0 Å². The van der Waals surface area contributed by atoms with Crippen LogP contribution in [0, 0.1) is 0 Å². The summed E-state index contributed by atoms with van der Waals surface area (Å²) < 4.78 is 40.6. The number of oxazole rings is 1. The fourth-order valence-electron chi connectivity index (χ4n) is 5.58. The highest BCUT2D eigenvalue weighted by molar-refractivity contribution is 7.90. The van der Waals surface area contributed by atoms with E-state index in [9.17, 15) is 22.8 Å². The molecule has 0 unspecified atom stereocenters. The van der Waals surface area contributed by atoms with E-state index in [2.05, 4.69) is 25.6 Å². The van der Waals surface area contributed by atoms with Gasteiger partial charge in [0.1, 0.15) is 30.1 Å². The van der Waals surface area contributed by atoms with Crippen LogP contribution in [0.2, 0.25) is 0 Å². The molecule has 0 saturated heterocycles. The van der Waals surface area contributed by atoms with Crippen molar-refractivity contribution in [1.29, 1.82) is 0 Å². The quantitative estimate of drug-likeness (QED) is 0.190. The molecule has 0 aliphatic heterocycles. The van der Waals surface area contributed by atoms with Gasteiger partial charge >= 0.3 is 0 Å². The minimum Gasteiger partial charge on any atom is -0.497 e. The van der Waals surface area contributed by atoms with Crippen LogP contribution < -0.4 is 20.9 Å². The van der Waals surface area contributed by atoms with Crippen LogP contribution in [0.4, 0.5) is 5.69 Å². The summed E-state index contributed by atoms with van der Waals surface area (Å²) in [7, 11) is -2.53. The maximum Gasteiger partial charge on any atom is 0.278 e. The zero-order valence-corrected chi connectivity index (χ0v) is 28.3. The van der Waals surface area contributed by atoms with Gasteiger partial charge in [-0.3, -0.25) is 23.9 Å². The van der Waals surface area contributed by atoms with Gasteiger partial charge in [-0.05, 0) is 42.5 Å². The number of nitrogens with zero attached hydrogens (tertiary/aromatic N) is 5. The Hall–Kier alpha value is -6.87. The summed E-state index contributed by atoms with van der Waals surface area (Å²) in [5.41, 5.74) is 0.786. The molecule has 0 aliphatic rings. The topological polar surface area (TPSA) is 180 Å². The van der Waals surface area contributed by atoms with E-state index < -0.39 is 33.9 Å². The Kier molecular flexibility index (Phi) is 9.16. The number of hydrogen-bond donors (Lipinski definition) is 2. The molecule has 0 saturated carbocycles. The van der Waals surface area contributed by atoms with Gasteiger partial charge in [0.25, 0.3) is 21.5 Å². The number of carbonyl (C=O) groups excluding carboxylic acids is 2. The van der Waals surface area contributed by atoms with Crippen LogP contribution in [0.3, 0.4) is 0 Å². The number of hydrogen-bond acceptors (Lipinski definition) is 10. The molecule has 0 fully saturated rings. The van der Waals surface area contributed by atoms with E-state index in [0.717, 1.165) is 10.8 Å². The van der Waals surface area contributed by atoms with Crippen LogP contribution >= 0.6 is 0 Å². The molecule has 3 aromatic carbocycles. The number of pyridine rings is 1. The third-order valence-electron chi connectivity index (χ3n) is 8.06. The number of fused-ring (bicyclic) bond motifs is 1. The predicted molar refractivity (Wildman–Crippen MR) is 191 cm³/mol. The lowest BCUT2D eigenvalue weighted by Gasteiger charge is -2.15. The first-order valence-electron chi connectivity index (χ1n) is 15.8. The molecule has 14 nitrogen and oxygen atoms in total. The molecular weight excluding hydrogens is 687 g/mol. The highest BCUT2D eigenvalue weighted by atomic mass is 32.2. The number of rotatable bonds is 11. The number of methoxy groups -OCH3 is 1. The molecule has 2 amide bonds. The lowest BCUT2D eigenvalue weighted by molar-refractivity contribution is -0.121. The Morgan fingerprint density at radius 2 is 1.65 bits per heavy atom. The summed E-state index contributed by atoms with van der Waals surface area (Å²) in [6, 6.07) is 26.9. The Morgan fingerprint density at radius 3 is 2.42 bits per heavy atom. The predicted octanol–water partition coefficient (Wildman–Crippen LogP) is 4.73. The molecular formula is C37H29N7O7S. The molecule has 260 valence electrons. The first-order chi connectivity index (χ1) is 25.2. The van der Waals surface area contributed by atoms with Crippen LogP contribution in [-0.4, -0.2) is 50.8 Å². The lowest BCUT2D eigenvalue weighted by Crippen LogP contribution is -2.35. The van der Waals surface area contributed by atoms with Crippen molar-refractivity contribution in [1.82, 2.24) is 28.8 Å². The summed E-state index contributed by atoms with van der Waals surface area (Å²) in [5, 5.41) is 5.83. The van der Waals surface area contributed by atoms with Crippen molar-refractivity contribution >= 4 is 38.4 Å². The number of carbonyl (C=O) groups is 2. The van der Waals surface area contributed by atoms with Crippen LogP contribution in [-0.2, 0) is 27.9 Å². The largest absolute Gasteiger partial charge is 0.497 e. The van der Waals surface area contributed by atoms with Crippen molar-refractivity contribution in [2.24, 2.45) is 0 Å². The number of amides is 2. The van der Waals surface area contributed by atoms with E-state index in [1.165, 1.54) is 41.8 Å². The minimum absolute atomic E-state index is 0.0722. The molecule has 0 spiro atoms. The summed E-state index contributed by atoms with van der Waals surface area (Å²) in [4.78, 5) is 53.5. The van der Waals surface area contributed by atoms with Gasteiger partial charge in [0.05, 0.1) is 36.0 Å². The highest BCUT2D eigenvalue weighted by Crippen LogP contribution is 2.26. The van der Waals surface area contributed by atoms with Crippen LogP contribution in [0.15, 0.2) is 136 Å². The van der Waals surface area contributed by atoms with Crippen LogP contribution in [0.5, 0.6) is 5.75 Å². The first kappa shape index (κ1) is 33.6. The second-order valence-electron chi connectivity index (χ2n) is 11.4. The van der Waals surface area contributed by atoms with Gasteiger partial charge < -0.3 is 19.8 Å². The normalized spacial score (nSPS) is 11.3. The molecule has 4 aromatic heterocycles. The van der Waals surface area contributed by atoms with Gasteiger partial charge in [0.15, 0.2) is 5.69 Å². The van der Waals surface area contributed by atoms with E-state index in [4.69, 9.17) is 9.15 Å². The van der Waals surface area contributed by atoms with Gasteiger partial charge in [-0.2, -0.15) is 0 Å². The van der Waals surface area contributed by atoms with Gasteiger partial charge in [-0.1, -0.05) is 54.6 Å². The van der Waals surface area contributed by atoms with E-state index in [0.29, 0.717) is 27.8 Å². The van der Waals surface area contributed by atoms with E-state index >= 15 is 0 Å². The monoisotopic (exact) mass is 715 g/mol. The van der Waals surface area contributed by atoms with E-state index in [-0.39, 0.29) is 40.2 Å². The molecule has 15 heteroatoms. The molecule has 0 bridgehead atoms. The minimum atomic E-state index is -4.05. The SMILES string of the molecule is COc1cccc(-c2nc(C(=O)Nc3cnc(-c4ccccc4)n(CC(=O)NCc4cc5cnccc5n4S(=O)(=O)c4ccccc4)c3=O)co2)c1. The van der Waals surface area contributed by atoms with Crippen LogP contribution in [0.1, 0.15) is 16.2 Å². The van der Waals surface area contributed by atoms with Crippen molar-refractivity contribution < 1.29 is 27.2 Å². The average molecular weight is 716 g/mol. The number of benzene rings is 3. The maximum atomic E-state index is 13.9. The number of ether oxygens (including phenoxy) is 1. The lowest BCUT2D eigenvalue weighted by atomic mass is 10.2. The van der Waals surface area contributed by atoms with E-state index in [1.54, 1.807) is 84.9 Å². The van der Waals surface area contributed by atoms with Crippen LogP contribution in [0.25, 0.3) is 33.7 Å². The highest BCUT2D eigenvalue weighted by Gasteiger charge is 2.24. The summed E-state index contributed by atoms with van der Waals surface area (Å²) in [5.74, 6) is -0.430. The van der Waals surface area contributed by atoms with E-state index in [1.807, 2.05) is 0 Å². The maximum absolute atomic E-state index is 13.9. The molecule has 0 aliphatic carbocycles. The third-order valence-corrected chi connectivity index (χ3v) is 9.84. The average Bonchev–Trinajstić information content (AvgIpc) is 3.83. The molecule has 0 radical (unpaired) electrons. The summed E-state index contributed by atoms with van der Waals surface area (Å²) in [6.45, 7) is -0.697. The molecule has 7 aromatic rings. The van der Waals surface area contributed by atoms with Gasteiger partial charge in [-0.25, -0.2) is 22.4 Å². The number of nitrogens with one attached hydrogen (secondary N) is 2. The Labute approximate surface area is 296 Å². The van der Waals surface area contributed by atoms with Crippen molar-refractivity contribution in [2.75, 3.05) is 12.4 Å². The van der Waals surface area contributed by atoms with Gasteiger partial charge in [-0.15, -0.1) is 0 Å². The van der Waals surface area contributed by atoms with Gasteiger partial charge in [0, 0.05) is 28.9 Å². The second kappa shape index (κ2) is 14.2. The van der Waals surface area contributed by atoms with Crippen molar-refractivity contribution in [3.05, 3.63) is 144 Å². The Balaban J connectivity index is 1.16. The fraction of sp³-hybridized carbons (Fsp3) is 0.0811. The summed E-state index contributed by atoms with van der Waals surface area (Å²) >= 11 is 0. The molecule has 52 heavy (non-hydrogen) atoms. The third kappa shape index (κ3) is 6.67. The number of anilines is 1. The molecule has 4 heterocycles. The smallest absolute Gasteiger partial charge is 0.278 e. The molecule has 0 atom stereocenters. The second-order valence-corrected chi connectivity index (χ2v) is 13.2. The molecule has 7 rings (SSSR count). The van der Waals surface area contributed by atoms with Crippen molar-refractivity contribution in [3.8, 4) is 28.6 Å². The Morgan fingerprint density at radius 1 is 0.904 bits per heavy atom. The fourth-order valence-corrected chi connectivity index (χ4v) is 7.14.